The van der Waals surface area contributed by atoms with Crippen LogP contribution in [0.1, 0.15) is 41.3 Å². The molecule has 3 aromatic carbocycles. The minimum atomic E-state index is -0.244. The Labute approximate surface area is 233 Å². The fourth-order valence-electron chi connectivity index (χ4n) is 3.83. The van der Waals surface area contributed by atoms with Gasteiger partial charge in [0.1, 0.15) is 6.61 Å². The zero-order valence-electron chi connectivity index (χ0n) is 19.5. The summed E-state index contributed by atoms with van der Waals surface area (Å²) in [7, 11) is 0. The fraction of sp³-hybridized carbons (Fsp3) is 0.259. The van der Waals surface area contributed by atoms with Crippen LogP contribution in [0.2, 0.25) is 0 Å². The summed E-state index contributed by atoms with van der Waals surface area (Å²) in [4.78, 5) is 14.9. The van der Waals surface area contributed by atoms with Gasteiger partial charge in [0, 0.05) is 27.9 Å². The molecule has 0 aliphatic carbocycles. The maximum absolute atomic E-state index is 12.5. The lowest BCUT2D eigenvalue weighted by atomic mass is 10.2. The van der Waals surface area contributed by atoms with Gasteiger partial charge in [-0.25, -0.2) is 5.43 Å². The number of hydrogen-bond donors (Lipinski definition) is 1. The van der Waals surface area contributed by atoms with Gasteiger partial charge < -0.3 is 14.4 Å². The van der Waals surface area contributed by atoms with Crippen LogP contribution in [-0.4, -0.2) is 31.8 Å². The molecule has 0 aromatic heterocycles. The number of carbonyl (C=O) groups excluding carboxylic acids is 1. The highest BCUT2D eigenvalue weighted by atomic mass is 127. The van der Waals surface area contributed by atoms with Gasteiger partial charge >= 0.3 is 0 Å². The number of benzene rings is 3. The molecule has 8 heteroatoms. The van der Waals surface area contributed by atoms with Crippen molar-refractivity contribution in [1.29, 1.82) is 0 Å². The van der Waals surface area contributed by atoms with Crippen molar-refractivity contribution >= 4 is 63.0 Å². The van der Waals surface area contributed by atoms with E-state index in [1.54, 1.807) is 6.21 Å². The third-order valence-electron chi connectivity index (χ3n) is 5.61. The first-order valence-electron chi connectivity index (χ1n) is 11.6. The van der Waals surface area contributed by atoms with E-state index < -0.39 is 0 Å². The van der Waals surface area contributed by atoms with Crippen LogP contribution in [0, 0.1) is 7.14 Å². The quantitative estimate of drug-likeness (QED) is 0.164. The number of hydrogen-bond acceptors (Lipinski definition) is 5. The maximum atomic E-state index is 12.5. The molecule has 0 unspecified atom stereocenters. The molecule has 182 valence electrons. The minimum Gasteiger partial charge on any atom is -0.490 e. The summed E-state index contributed by atoms with van der Waals surface area (Å²) in [6.45, 7) is 5.06. The van der Waals surface area contributed by atoms with Crippen LogP contribution < -0.4 is 19.8 Å². The third kappa shape index (κ3) is 7.09. The van der Waals surface area contributed by atoms with Crippen LogP contribution in [0.3, 0.4) is 0 Å². The Balaban J connectivity index is 1.40. The molecule has 0 radical (unpaired) electrons. The molecule has 6 nitrogen and oxygen atoms in total. The van der Waals surface area contributed by atoms with Crippen molar-refractivity contribution in [2.45, 2.75) is 26.4 Å². The summed E-state index contributed by atoms with van der Waals surface area (Å²) < 4.78 is 14.0. The van der Waals surface area contributed by atoms with Gasteiger partial charge in [0.05, 0.1) is 16.4 Å². The first-order chi connectivity index (χ1) is 17.0. The molecule has 0 bridgehead atoms. The molecule has 1 aliphatic heterocycles. The van der Waals surface area contributed by atoms with Crippen molar-refractivity contribution in [2.75, 3.05) is 24.6 Å². The zero-order chi connectivity index (χ0) is 24.6. The van der Waals surface area contributed by atoms with Crippen molar-refractivity contribution in [1.82, 2.24) is 5.43 Å². The number of amides is 1. The lowest BCUT2D eigenvalue weighted by molar-refractivity contribution is 0.0955. The van der Waals surface area contributed by atoms with E-state index in [9.17, 15) is 4.79 Å². The highest BCUT2D eigenvalue weighted by Crippen LogP contribution is 2.34. The summed E-state index contributed by atoms with van der Waals surface area (Å²) in [5.74, 6) is 1.10. The summed E-state index contributed by atoms with van der Waals surface area (Å²) in [6.07, 6.45) is 4.06. The summed E-state index contributed by atoms with van der Waals surface area (Å²) >= 11 is 4.52. The number of hydrazone groups is 1. The number of nitrogens with one attached hydrogen (secondary N) is 1. The Morgan fingerprint density at radius 3 is 2.43 bits per heavy atom. The molecule has 1 N–H and O–H groups in total. The van der Waals surface area contributed by atoms with E-state index in [0.717, 1.165) is 33.5 Å². The number of anilines is 1. The Bertz CT molecular complexity index is 1180. The van der Waals surface area contributed by atoms with Crippen LogP contribution >= 0.6 is 45.2 Å². The molecule has 1 fully saturated rings. The standard InChI is InChI=1S/C27H27I2N3O3/c1-2-34-25-16-20(15-24(29)26(25)35-18-19-5-9-22(28)10-6-19)17-30-31-27(33)21-7-11-23(12-8-21)32-13-3-4-14-32/h5-12,15-17H,2-4,13-14,18H2,1H3,(H,31,33)/b30-17-. The highest BCUT2D eigenvalue weighted by molar-refractivity contribution is 14.1. The predicted octanol–water partition coefficient (Wildman–Crippen LogP) is 6.24. The number of ether oxygens (including phenoxy) is 2. The van der Waals surface area contributed by atoms with E-state index in [-0.39, 0.29) is 5.91 Å². The van der Waals surface area contributed by atoms with E-state index in [2.05, 4.69) is 84.9 Å². The number of carbonyl (C=O) groups is 1. The largest absolute Gasteiger partial charge is 0.490 e. The van der Waals surface area contributed by atoms with E-state index in [1.807, 2.05) is 43.3 Å². The second-order valence-electron chi connectivity index (χ2n) is 8.12. The molecule has 35 heavy (non-hydrogen) atoms. The van der Waals surface area contributed by atoms with E-state index >= 15 is 0 Å². The van der Waals surface area contributed by atoms with Crippen molar-refractivity contribution in [3.8, 4) is 11.5 Å². The molecule has 1 amide bonds. The van der Waals surface area contributed by atoms with Crippen LogP contribution in [0.15, 0.2) is 65.8 Å². The first kappa shape index (κ1) is 25.7. The molecule has 1 aliphatic rings. The lowest BCUT2D eigenvalue weighted by Crippen LogP contribution is -2.19. The maximum Gasteiger partial charge on any atom is 0.271 e. The zero-order valence-corrected chi connectivity index (χ0v) is 23.8. The van der Waals surface area contributed by atoms with E-state index in [1.165, 1.54) is 16.4 Å². The van der Waals surface area contributed by atoms with Crippen molar-refractivity contribution < 1.29 is 14.3 Å². The normalized spacial score (nSPS) is 13.3. The number of nitrogens with zero attached hydrogens (tertiary/aromatic N) is 2. The fourth-order valence-corrected chi connectivity index (χ4v) is 4.97. The van der Waals surface area contributed by atoms with Gasteiger partial charge in [-0.05, 0) is 125 Å². The van der Waals surface area contributed by atoms with Crippen molar-refractivity contribution in [3.05, 3.63) is 84.5 Å². The molecule has 0 atom stereocenters. The minimum absolute atomic E-state index is 0.244. The molecule has 0 saturated carbocycles. The summed E-state index contributed by atoms with van der Waals surface area (Å²) in [6, 6.07) is 19.7. The van der Waals surface area contributed by atoms with Gasteiger partial charge in [-0.3, -0.25) is 4.79 Å². The second-order valence-corrected chi connectivity index (χ2v) is 10.5. The SMILES string of the molecule is CCOc1cc(/C=N\NC(=O)c2ccc(N3CCCC3)cc2)cc(I)c1OCc1ccc(I)cc1. The summed E-state index contributed by atoms with van der Waals surface area (Å²) in [5, 5.41) is 4.16. The lowest BCUT2D eigenvalue weighted by Gasteiger charge is -2.17. The van der Waals surface area contributed by atoms with Gasteiger partial charge in [0.15, 0.2) is 11.5 Å². The van der Waals surface area contributed by atoms with Crippen LogP contribution in [0.4, 0.5) is 5.69 Å². The highest BCUT2D eigenvalue weighted by Gasteiger charge is 2.14. The Hall–Kier alpha value is -2.34. The molecular weight excluding hydrogens is 668 g/mol. The molecule has 1 saturated heterocycles. The average Bonchev–Trinajstić information content (AvgIpc) is 3.40. The molecule has 0 spiro atoms. The number of halogens is 2. The molecule has 1 heterocycles. The topological polar surface area (TPSA) is 63.2 Å². The third-order valence-corrected chi connectivity index (χ3v) is 7.13. The molecular formula is C27H27I2N3O3. The number of rotatable bonds is 9. The molecule has 4 rings (SSSR count). The average molecular weight is 695 g/mol. The second kappa shape index (κ2) is 12.6. The van der Waals surface area contributed by atoms with E-state index in [0.29, 0.717) is 30.3 Å². The molecule has 3 aromatic rings. The van der Waals surface area contributed by atoms with Crippen molar-refractivity contribution in [3.63, 3.8) is 0 Å². The smallest absolute Gasteiger partial charge is 0.271 e. The van der Waals surface area contributed by atoms with Gasteiger partial charge in [0.25, 0.3) is 5.91 Å². The Morgan fingerprint density at radius 2 is 1.74 bits per heavy atom. The van der Waals surface area contributed by atoms with Gasteiger partial charge in [-0.2, -0.15) is 5.10 Å². The van der Waals surface area contributed by atoms with E-state index in [4.69, 9.17) is 9.47 Å². The monoisotopic (exact) mass is 695 g/mol. The first-order valence-corrected chi connectivity index (χ1v) is 13.7. The predicted molar refractivity (Wildman–Crippen MR) is 157 cm³/mol. The van der Waals surface area contributed by atoms with Gasteiger partial charge in [-0.1, -0.05) is 12.1 Å². The Kier molecular flexibility index (Phi) is 9.25. The van der Waals surface area contributed by atoms with Crippen LogP contribution in [-0.2, 0) is 6.61 Å². The Morgan fingerprint density at radius 1 is 1.03 bits per heavy atom. The van der Waals surface area contributed by atoms with Crippen molar-refractivity contribution in [2.24, 2.45) is 5.10 Å². The summed E-state index contributed by atoms with van der Waals surface area (Å²) in [5.41, 5.74) is 6.25. The van der Waals surface area contributed by atoms with Gasteiger partial charge in [0.2, 0.25) is 0 Å². The van der Waals surface area contributed by atoms with Crippen LogP contribution in [0.5, 0.6) is 11.5 Å². The van der Waals surface area contributed by atoms with Gasteiger partial charge in [-0.15, -0.1) is 0 Å². The van der Waals surface area contributed by atoms with Crippen LogP contribution in [0.25, 0.3) is 0 Å².